The highest BCUT2D eigenvalue weighted by Gasteiger charge is 2.24. The normalized spacial score (nSPS) is 14.6. The van der Waals surface area contributed by atoms with Crippen LogP contribution in [0, 0.1) is 0 Å². The fourth-order valence-corrected chi connectivity index (χ4v) is 2.12. The molecule has 3 nitrogen and oxygen atoms in total. The second-order valence-corrected chi connectivity index (χ2v) is 5.18. The zero-order chi connectivity index (χ0) is 12.3. The molecule has 0 saturated heterocycles. The maximum atomic E-state index is 10.4. The summed E-state index contributed by atoms with van der Waals surface area (Å²) in [5.41, 5.74) is 1.14. The third-order valence-corrected chi connectivity index (χ3v) is 3.29. The van der Waals surface area contributed by atoms with Gasteiger partial charge in [-0.15, -0.1) is 0 Å². The Morgan fingerprint density at radius 3 is 2.82 bits per heavy atom. The number of carboxylic acid groups (broad SMARTS) is 1. The highest BCUT2D eigenvalue weighted by atomic mass is 79.9. The van der Waals surface area contributed by atoms with Crippen molar-refractivity contribution < 1.29 is 14.6 Å². The molecule has 1 N–H and O–H groups in total. The molecule has 0 atom stereocenters. The van der Waals surface area contributed by atoms with Crippen LogP contribution in [0.5, 0.6) is 5.75 Å². The summed E-state index contributed by atoms with van der Waals surface area (Å²) in [6.45, 7) is 0. The molecule has 0 amide bonds. The van der Waals surface area contributed by atoms with E-state index >= 15 is 0 Å². The van der Waals surface area contributed by atoms with E-state index in [1.807, 2.05) is 18.2 Å². The lowest BCUT2D eigenvalue weighted by Gasteiger charge is -2.08. The first-order valence-corrected chi connectivity index (χ1v) is 6.61. The van der Waals surface area contributed by atoms with E-state index in [9.17, 15) is 4.79 Å². The molecule has 0 radical (unpaired) electrons. The Morgan fingerprint density at radius 1 is 1.47 bits per heavy atom. The molecule has 0 aromatic heterocycles. The van der Waals surface area contributed by atoms with Gasteiger partial charge in [-0.1, -0.05) is 6.07 Å². The molecule has 2 rings (SSSR count). The van der Waals surface area contributed by atoms with Gasteiger partial charge in [0, 0.05) is 6.42 Å². The van der Waals surface area contributed by atoms with Crippen LogP contribution in [0.4, 0.5) is 0 Å². The minimum Gasteiger partial charge on any atom is -0.489 e. The second-order valence-electron chi connectivity index (χ2n) is 4.33. The van der Waals surface area contributed by atoms with Crippen LogP contribution < -0.4 is 4.74 Å². The van der Waals surface area contributed by atoms with E-state index in [1.165, 1.54) is 0 Å². The molecule has 0 spiro atoms. The number of benzene rings is 1. The number of halogens is 1. The minimum atomic E-state index is -0.738. The van der Waals surface area contributed by atoms with Gasteiger partial charge in [-0.2, -0.15) is 0 Å². The van der Waals surface area contributed by atoms with Crippen LogP contribution in [0.15, 0.2) is 22.7 Å². The summed E-state index contributed by atoms with van der Waals surface area (Å²) in [6.07, 6.45) is 4.36. The molecule has 1 aromatic carbocycles. The predicted octanol–water partition coefficient (Wildman–Crippen LogP) is 3.40. The molecule has 92 valence electrons. The smallest absolute Gasteiger partial charge is 0.303 e. The van der Waals surface area contributed by atoms with Crippen molar-refractivity contribution in [2.24, 2.45) is 0 Å². The lowest BCUT2D eigenvalue weighted by atomic mass is 10.1. The number of hydrogen-bond acceptors (Lipinski definition) is 2. The predicted molar refractivity (Wildman–Crippen MR) is 68.4 cm³/mol. The molecule has 1 aromatic rings. The summed E-state index contributed by atoms with van der Waals surface area (Å²) < 4.78 is 6.67. The van der Waals surface area contributed by atoms with E-state index in [0.717, 1.165) is 35.0 Å². The standard InChI is InChI=1S/C13H15BrO3/c14-11-8-9(2-1-3-13(15)16)4-7-12(11)17-10-5-6-10/h4,7-8,10H,1-3,5-6H2,(H,15,16). The van der Waals surface area contributed by atoms with Gasteiger partial charge in [-0.05, 0) is 59.3 Å². The molecule has 1 aliphatic carbocycles. The number of ether oxygens (including phenoxy) is 1. The zero-order valence-corrected chi connectivity index (χ0v) is 11.1. The Kier molecular flexibility index (Phi) is 4.05. The Balaban J connectivity index is 1.90. The van der Waals surface area contributed by atoms with E-state index < -0.39 is 5.97 Å². The topological polar surface area (TPSA) is 46.5 Å². The van der Waals surface area contributed by atoms with Gasteiger partial charge in [0.25, 0.3) is 0 Å². The largest absolute Gasteiger partial charge is 0.489 e. The summed E-state index contributed by atoms with van der Waals surface area (Å²) in [7, 11) is 0. The molecule has 1 aliphatic rings. The van der Waals surface area contributed by atoms with Gasteiger partial charge >= 0.3 is 5.97 Å². The van der Waals surface area contributed by atoms with E-state index in [1.54, 1.807) is 0 Å². The summed E-state index contributed by atoms with van der Waals surface area (Å²) in [5.74, 6) is 0.146. The van der Waals surface area contributed by atoms with Crippen molar-refractivity contribution in [3.63, 3.8) is 0 Å². The summed E-state index contributed by atoms with van der Waals surface area (Å²) >= 11 is 3.48. The van der Waals surface area contributed by atoms with Crippen molar-refractivity contribution in [3.05, 3.63) is 28.2 Å². The number of rotatable bonds is 6. The van der Waals surface area contributed by atoms with Gasteiger partial charge < -0.3 is 9.84 Å². The first-order chi connectivity index (χ1) is 8.15. The van der Waals surface area contributed by atoms with Gasteiger partial charge in [0.1, 0.15) is 5.75 Å². The third-order valence-electron chi connectivity index (χ3n) is 2.67. The van der Waals surface area contributed by atoms with E-state index in [-0.39, 0.29) is 6.42 Å². The van der Waals surface area contributed by atoms with Crippen LogP contribution in [0.3, 0.4) is 0 Å². The van der Waals surface area contributed by atoms with Crippen LogP contribution in [0.25, 0.3) is 0 Å². The molecular formula is C13H15BrO3. The lowest BCUT2D eigenvalue weighted by molar-refractivity contribution is -0.137. The van der Waals surface area contributed by atoms with Crippen molar-refractivity contribution in [2.45, 2.75) is 38.2 Å². The molecule has 1 fully saturated rings. The van der Waals surface area contributed by atoms with Crippen LogP contribution in [-0.2, 0) is 11.2 Å². The highest BCUT2D eigenvalue weighted by Crippen LogP contribution is 2.32. The maximum absolute atomic E-state index is 10.4. The number of hydrogen-bond donors (Lipinski definition) is 1. The van der Waals surface area contributed by atoms with Crippen molar-refractivity contribution in [1.29, 1.82) is 0 Å². The molecule has 0 heterocycles. The van der Waals surface area contributed by atoms with Gasteiger partial charge in [-0.25, -0.2) is 0 Å². The van der Waals surface area contributed by atoms with Crippen molar-refractivity contribution in [3.8, 4) is 5.75 Å². The Bertz CT molecular complexity index is 413. The maximum Gasteiger partial charge on any atom is 0.303 e. The van der Waals surface area contributed by atoms with Crippen molar-refractivity contribution in [2.75, 3.05) is 0 Å². The third kappa shape index (κ3) is 4.04. The first kappa shape index (κ1) is 12.4. The van der Waals surface area contributed by atoms with Gasteiger partial charge in [0.15, 0.2) is 0 Å². The lowest BCUT2D eigenvalue weighted by Crippen LogP contribution is -1.98. The monoisotopic (exact) mass is 298 g/mol. The SMILES string of the molecule is O=C(O)CCCc1ccc(OC2CC2)c(Br)c1. The molecular weight excluding hydrogens is 284 g/mol. The van der Waals surface area contributed by atoms with Crippen molar-refractivity contribution >= 4 is 21.9 Å². The molecule has 4 heteroatoms. The van der Waals surface area contributed by atoms with Gasteiger partial charge in [0.05, 0.1) is 10.6 Å². The van der Waals surface area contributed by atoms with Gasteiger partial charge in [-0.3, -0.25) is 4.79 Å². The number of aryl methyl sites for hydroxylation is 1. The van der Waals surface area contributed by atoms with E-state index in [0.29, 0.717) is 12.5 Å². The number of carboxylic acids is 1. The average molecular weight is 299 g/mol. The first-order valence-electron chi connectivity index (χ1n) is 5.82. The minimum absolute atomic E-state index is 0.220. The van der Waals surface area contributed by atoms with Crippen LogP contribution in [0.2, 0.25) is 0 Å². The molecule has 0 aliphatic heterocycles. The highest BCUT2D eigenvalue weighted by molar-refractivity contribution is 9.10. The quantitative estimate of drug-likeness (QED) is 0.875. The van der Waals surface area contributed by atoms with E-state index in [4.69, 9.17) is 9.84 Å². The Morgan fingerprint density at radius 2 is 2.24 bits per heavy atom. The zero-order valence-electron chi connectivity index (χ0n) is 9.49. The van der Waals surface area contributed by atoms with Crippen molar-refractivity contribution in [1.82, 2.24) is 0 Å². The van der Waals surface area contributed by atoms with Crippen LogP contribution in [0.1, 0.15) is 31.2 Å². The fourth-order valence-electron chi connectivity index (χ4n) is 1.60. The van der Waals surface area contributed by atoms with E-state index in [2.05, 4.69) is 15.9 Å². The Hall–Kier alpha value is -1.03. The van der Waals surface area contributed by atoms with Crippen LogP contribution in [-0.4, -0.2) is 17.2 Å². The summed E-state index contributed by atoms with van der Waals surface area (Å²) in [5, 5.41) is 8.57. The molecule has 1 saturated carbocycles. The van der Waals surface area contributed by atoms with Crippen LogP contribution >= 0.6 is 15.9 Å². The number of aliphatic carboxylic acids is 1. The second kappa shape index (κ2) is 5.54. The summed E-state index contributed by atoms with van der Waals surface area (Å²) in [4.78, 5) is 10.4. The summed E-state index contributed by atoms with van der Waals surface area (Å²) in [6, 6.07) is 5.97. The van der Waals surface area contributed by atoms with Gasteiger partial charge in [0.2, 0.25) is 0 Å². The molecule has 0 unspecified atom stereocenters. The number of carbonyl (C=O) groups is 1. The molecule has 17 heavy (non-hydrogen) atoms. The Labute approximate surface area is 109 Å². The fraction of sp³-hybridized carbons (Fsp3) is 0.462. The average Bonchev–Trinajstić information content (AvgIpc) is 3.05. The molecule has 0 bridgehead atoms.